The molecule has 0 unspecified atom stereocenters. The van der Waals surface area contributed by atoms with Gasteiger partial charge in [0.15, 0.2) is 0 Å². The number of carboxylic acid groups (broad SMARTS) is 1. The fourth-order valence-electron chi connectivity index (χ4n) is 0.748. The van der Waals surface area contributed by atoms with Gasteiger partial charge in [0.25, 0.3) is 0 Å². The summed E-state index contributed by atoms with van der Waals surface area (Å²) in [6.45, 7) is 2.14. The van der Waals surface area contributed by atoms with Crippen molar-refractivity contribution in [1.29, 1.82) is 0 Å². The molecule has 0 aromatic carbocycles. The number of allylic oxidation sites excluding steroid dienone is 1. The molecule has 1 N–H and O–H groups in total. The highest BCUT2D eigenvalue weighted by molar-refractivity contribution is 5.87. The molecule has 0 heterocycles. The Morgan fingerprint density at radius 1 is 1.42 bits per heavy atom. The molecule has 0 atom stereocenters. The van der Waals surface area contributed by atoms with Crippen molar-refractivity contribution in [2.75, 3.05) is 0 Å². The number of carboxylic acids is 1. The van der Waals surface area contributed by atoms with Crippen LogP contribution in [-0.2, 0) is 4.79 Å². The predicted octanol–water partition coefficient (Wildman–Crippen LogP) is 2.36. The molecule has 2 nitrogen and oxygen atoms in total. The highest BCUT2D eigenvalue weighted by atomic mass is 19.4. The number of carbonyl (C=O) groups is 1. The van der Waals surface area contributed by atoms with Gasteiger partial charge in [0.2, 0.25) is 0 Å². The molecule has 0 saturated carbocycles. The Hall–Kier alpha value is -1.00. The summed E-state index contributed by atoms with van der Waals surface area (Å²) < 4.78 is 35.8. The first kappa shape index (κ1) is 11.0. The average Bonchev–Trinajstić information content (AvgIpc) is 1.86. The van der Waals surface area contributed by atoms with Crippen LogP contribution in [0.25, 0.3) is 0 Å². The Labute approximate surface area is 67.7 Å². The van der Waals surface area contributed by atoms with Gasteiger partial charge >= 0.3 is 12.1 Å². The Morgan fingerprint density at radius 2 is 1.83 bits per heavy atom. The van der Waals surface area contributed by atoms with E-state index in [1.165, 1.54) is 6.92 Å². The van der Waals surface area contributed by atoms with Crippen LogP contribution in [-0.4, -0.2) is 17.3 Å². The van der Waals surface area contributed by atoms with Crippen LogP contribution in [0, 0.1) is 0 Å². The van der Waals surface area contributed by atoms with E-state index in [2.05, 4.69) is 0 Å². The van der Waals surface area contributed by atoms with Crippen LogP contribution in [0.5, 0.6) is 0 Å². The molecular weight excluding hydrogens is 173 g/mol. The van der Waals surface area contributed by atoms with Gasteiger partial charge in [0.1, 0.15) is 0 Å². The van der Waals surface area contributed by atoms with Crippen LogP contribution < -0.4 is 0 Å². The zero-order valence-electron chi connectivity index (χ0n) is 6.70. The second-order valence-electron chi connectivity index (χ2n) is 2.26. The van der Waals surface area contributed by atoms with Crippen molar-refractivity contribution in [1.82, 2.24) is 0 Å². The topological polar surface area (TPSA) is 37.3 Å². The second kappa shape index (κ2) is 3.60. The maximum absolute atomic E-state index is 11.9. The summed E-state index contributed by atoms with van der Waals surface area (Å²) in [5.74, 6) is -1.51. The van der Waals surface area contributed by atoms with Gasteiger partial charge in [-0.05, 0) is 13.3 Å². The summed E-state index contributed by atoms with van der Waals surface area (Å²) in [7, 11) is 0. The minimum absolute atomic E-state index is 0.124. The van der Waals surface area contributed by atoms with Crippen molar-refractivity contribution in [2.24, 2.45) is 0 Å². The Balaban J connectivity index is 4.99. The molecule has 0 aromatic rings. The summed E-state index contributed by atoms with van der Waals surface area (Å²) in [6, 6.07) is 0. The van der Waals surface area contributed by atoms with Crippen molar-refractivity contribution in [2.45, 2.75) is 26.4 Å². The zero-order chi connectivity index (χ0) is 9.94. The number of alkyl halides is 3. The molecule has 12 heavy (non-hydrogen) atoms. The van der Waals surface area contributed by atoms with E-state index in [1.54, 1.807) is 0 Å². The quantitative estimate of drug-likeness (QED) is 0.665. The summed E-state index contributed by atoms with van der Waals surface area (Å²) in [4.78, 5) is 10.3. The molecule has 0 aliphatic carbocycles. The van der Waals surface area contributed by atoms with Crippen LogP contribution in [0.3, 0.4) is 0 Å². The highest BCUT2D eigenvalue weighted by Gasteiger charge is 2.33. The Bertz CT molecular complexity index is 215. The number of hydrogen-bond acceptors (Lipinski definition) is 1. The molecular formula is C7H9F3O2. The molecule has 0 aliphatic rings. The summed E-state index contributed by atoms with van der Waals surface area (Å²) in [5, 5.41) is 8.35. The first-order valence-corrected chi connectivity index (χ1v) is 3.31. The lowest BCUT2D eigenvalue weighted by molar-refractivity contribution is -0.134. The molecule has 0 saturated heterocycles. The maximum Gasteiger partial charge on any atom is 0.412 e. The predicted molar refractivity (Wildman–Crippen MR) is 36.7 cm³/mol. The molecule has 0 rings (SSSR count). The minimum atomic E-state index is -4.54. The number of hydrogen-bond donors (Lipinski definition) is 1. The fraction of sp³-hybridized carbons (Fsp3) is 0.571. The number of rotatable bonds is 2. The smallest absolute Gasteiger partial charge is 0.412 e. The Kier molecular flexibility index (Phi) is 3.30. The van der Waals surface area contributed by atoms with Gasteiger partial charge in [0.05, 0.1) is 0 Å². The maximum atomic E-state index is 11.9. The molecule has 0 radical (unpaired) electrons. The first-order valence-electron chi connectivity index (χ1n) is 3.31. The lowest BCUT2D eigenvalue weighted by atomic mass is 10.1. The van der Waals surface area contributed by atoms with Gasteiger partial charge < -0.3 is 5.11 Å². The monoisotopic (exact) mass is 182 g/mol. The van der Waals surface area contributed by atoms with Crippen molar-refractivity contribution in [3.8, 4) is 0 Å². The van der Waals surface area contributed by atoms with Crippen molar-refractivity contribution >= 4 is 5.97 Å². The minimum Gasteiger partial charge on any atom is -0.478 e. The van der Waals surface area contributed by atoms with Crippen LogP contribution in [0.15, 0.2) is 11.1 Å². The average molecular weight is 182 g/mol. The summed E-state index contributed by atoms with van der Waals surface area (Å²) in [5.41, 5.74) is -1.61. The molecule has 0 amide bonds. The van der Waals surface area contributed by atoms with Gasteiger partial charge in [0, 0.05) is 11.1 Å². The molecule has 0 aliphatic heterocycles. The largest absolute Gasteiger partial charge is 0.478 e. The molecule has 0 bridgehead atoms. The first-order chi connectivity index (χ1) is 5.30. The van der Waals surface area contributed by atoms with Crippen molar-refractivity contribution < 1.29 is 23.1 Å². The van der Waals surface area contributed by atoms with Crippen LogP contribution in [0.1, 0.15) is 20.3 Å². The van der Waals surface area contributed by atoms with Crippen LogP contribution in [0.4, 0.5) is 13.2 Å². The lowest BCUT2D eigenvalue weighted by Crippen LogP contribution is -2.15. The highest BCUT2D eigenvalue weighted by Crippen LogP contribution is 2.28. The molecule has 5 heteroatoms. The third kappa shape index (κ3) is 2.56. The van der Waals surface area contributed by atoms with E-state index < -0.39 is 23.3 Å². The van der Waals surface area contributed by atoms with E-state index in [1.807, 2.05) is 0 Å². The van der Waals surface area contributed by atoms with Crippen LogP contribution in [0.2, 0.25) is 0 Å². The standard InChI is InChI=1S/C7H9F3O2/c1-3-5(6(11)12)4(2)7(8,9)10/h3H2,1-2H3,(H,11,12). The Morgan fingerprint density at radius 3 is 1.92 bits per heavy atom. The van der Waals surface area contributed by atoms with Gasteiger partial charge in [-0.1, -0.05) is 6.92 Å². The molecule has 0 aromatic heterocycles. The summed E-state index contributed by atoms with van der Waals surface area (Å²) in [6.07, 6.45) is -4.66. The zero-order valence-corrected chi connectivity index (χ0v) is 6.70. The van der Waals surface area contributed by atoms with Gasteiger partial charge in [-0.15, -0.1) is 0 Å². The van der Waals surface area contributed by atoms with E-state index in [-0.39, 0.29) is 6.42 Å². The van der Waals surface area contributed by atoms with E-state index in [9.17, 15) is 18.0 Å². The van der Waals surface area contributed by atoms with Crippen molar-refractivity contribution in [3.63, 3.8) is 0 Å². The third-order valence-electron chi connectivity index (χ3n) is 1.49. The van der Waals surface area contributed by atoms with E-state index >= 15 is 0 Å². The fourth-order valence-corrected chi connectivity index (χ4v) is 0.748. The molecule has 0 spiro atoms. The third-order valence-corrected chi connectivity index (χ3v) is 1.49. The SMILES string of the molecule is CCC(C(=O)O)=C(C)C(F)(F)F. The molecule has 70 valence electrons. The van der Waals surface area contributed by atoms with Crippen LogP contribution >= 0.6 is 0 Å². The van der Waals surface area contributed by atoms with E-state index in [0.29, 0.717) is 0 Å². The number of halogens is 3. The lowest BCUT2D eigenvalue weighted by Gasteiger charge is -2.09. The van der Waals surface area contributed by atoms with Crippen molar-refractivity contribution in [3.05, 3.63) is 11.1 Å². The molecule has 0 fully saturated rings. The van der Waals surface area contributed by atoms with E-state index in [4.69, 9.17) is 5.11 Å². The number of aliphatic carboxylic acids is 1. The van der Waals surface area contributed by atoms with Gasteiger partial charge in [-0.2, -0.15) is 13.2 Å². The second-order valence-corrected chi connectivity index (χ2v) is 2.26. The van der Waals surface area contributed by atoms with Gasteiger partial charge in [-0.3, -0.25) is 0 Å². The van der Waals surface area contributed by atoms with Gasteiger partial charge in [-0.25, -0.2) is 4.79 Å². The summed E-state index contributed by atoms with van der Waals surface area (Å²) >= 11 is 0. The van der Waals surface area contributed by atoms with E-state index in [0.717, 1.165) is 6.92 Å². The normalized spacial score (nSPS) is 14.1.